The minimum absolute atomic E-state index is 0.254. The number of amides is 1. The van der Waals surface area contributed by atoms with Gasteiger partial charge in [0.2, 0.25) is 5.91 Å². The summed E-state index contributed by atoms with van der Waals surface area (Å²) >= 11 is 0. The third-order valence-corrected chi connectivity index (χ3v) is 1.72. The second kappa shape index (κ2) is 3.53. The number of rotatable bonds is 2. The standard InChI is InChI=1S/C7H11NO4/c1-5(7(10)11)8-6(9)3-2-4-12-8/h5H,2-4H2,1H3,(H,10,11). The van der Waals surface area contributed by atoms with Gasteiger partial charge in [0.1, 0.15) is 0 Å². The van der Waals surface area contributed by atoms with Gasteiger partial charge in [0.05, 0.1) is 6.61 Å². The molecular formula is C7H11NO4. The first kappa shape index (κ1) is 8.99. The first-order chi connectivity index (χ1) is 5.63. The predicted octanol–water partition coefficient (Wildman–Crippen LogP) is 0.0135. The van der Waals surface area contributed by atoms with Crippen molar-refractivity contribution in [1.82, 2.24) is 5.06 Å². The minimum atomic E-state index is -1.05. The van der Waals surface area contributed by atoms with Crippen molar-refractivity contribution in [3.63, 3.8) is 0 Å². The largest absolute Gasteiger partial charge is 0.480 e. The number of carboxylic acids is 1. The Balaban J connectivity index is 2.59. The van der Waals surface area contributed by atoms with Crippen molar-refractivity contribution in [3.05, 3.63) is 0 Å². The maximum Gasteiger partial charge on any atom is 0.328 e. The molecule has 1 rings (SSSR count). The molecule has 1 N–H and O–H groups in total. The molecule has 1 unspecified atom stereocenters. The van der Waals surface area contributed by atoms with Crippen LogP contribution in [0.4, 0.5) is 0 Å². The van der Waals surface area contributed by atoms with Crippen molar-refractivity contribution in [1.29, 1.82) is 0 Å². The van der Waals surface area contributed by atoms with E-state index >= 15 is 0 Å². The van der Waals surface area contributed by atoms with Gasteiger partial charge in [0.25, 0.3) is 0 Å². The Labute approximate surface area is 69.9 Å². The van der Waals surface area contributed by atoms with Crippen LogP contribution in [0.3, 0.4) is 0 Å². The van der Waals surface area contributed by atoms with Gasteiger partial charge in [0.15, 0.2) is 6.04 Å². The number of carbonyl (C=O) groups excluding carboxylic acids is 1. The van der Waals surface area contributed by atoms with E-state index < -0.39 is 12.0 Å². The average Bonchev–Trinajstić information content (AvgIpc) is 2.04. The lowest BCUT2D eigenvalue weighted by atomic mass is 10.2. The highest BCUT2D eigenvalue weighted by molar-refractivity contribution is 5.82. The molecular weight excluding hydrogens is 162 g/mol. The van der Waals surface area contributed by atoms with E-state index in [4.69, 9.17) is 9.94 Å². The van der Waals surface area contributed by atoms with E-state index in [2.05, 4.69) is 0 Å². The Hall–Kier alpha value is -1.10. The van der Waals surface area contributed by atoms with Gasteiger partial charge in [-0.3, -0.25) is 9.63 Å². The number of hydrogen-bond acceptors (Lipinski definition) is 3. The van der Waals surface area contributed by atoms with Crippen LogP contribution in [0, 0.1) is 0 Å². The van der Waals surface area contributed by atoms with Crippen LogP contribution in [0.1, 0.15) is 19.8 Å². The van der Waals surface area contributed by atoms with E-state index in [-0.39, 0.29) is 5.91 Å². The first-order valence-electron chi connectivity index (χ1n) is 3.80. The predicted molar refractivity (Wildman–Crippen MR) is 39.1 cm³/mol. The van der Waals surface area contributed by atoms with Crippen molar-refractivity contribution >= 4 is 11.9 Å². The Morgan fingerprint density at radius 3 is 2.92 bits per heavy atom. The molecule has 0 spiro atoms. The van der Waals surface area contributed by atoms with Crippen LogP contribution >= 0.6 is 0 Å². The summed E-state index contributed by atoms with van der Waals surface area (Å²) in [4.78, 5) is 26.5. The van der Waals surface area contributed by atoms with Gasteiger partial charge in [-0.25, -0.2) is 9.86 Å². The van der Waals surface area contributed by atoms with Crippen LogP contribution in [-0.4, -0.2) is 34.7 Å². The molecule has 5 nitrogen and oxygen atoms in total. The summed E-state index contributed by atoms with van der Waals surface area (Å²) in [5.41, 5.74) is 0. The molecule has 0 aromatic carbocycles. The third-order valence-electron chi connectivity index (χ3n) is 1.72. The summed E-state index contributed by atoms with van der Waals surface area (Å²) in [5, 5.41) is 9.51. The van der Waals surface area contributed by atoms with E-state index in [1.165, 1.54) is 6.92 Å². The SMILES string of the molecule is CC(C(=O)O)N1OCCCC1=O. The van der Waals surface area contributed by atoms with Crippen LogP contribution in [0.5, 0.6) is 0 Å². The number of carboxylic acid groups (broad SMARTS) is 1. The van der Waals surface area contributed by atoms with E-state index in [1.807, 2.05) is 0 Å². The lowest BCUT2D eigenvalue weighted by molar-refractivity contribution is -0.214. The molecule has 0 aromatic rings. The van der Waals surface area contributed by atoms with Gasteiger partial charge in [-0.2, -0.15) is 0 Å². The molecule has 0 aliphatic carbocycles. The molecule has 1 fully saturated rings. The third kappa shape index (κ3) is 1.73. The summed E-state index contributed by atoms with van der Waals surface area (Å²) in [6.07, 6.45) is 1.04. The molecule has 68 valence electrons. The minimum Gasteiger partial charge on any atom is -0.480 e. The molecule has 1 atom stereocenters. The van der Waals surface area contributed by atoms with E-state index in [0.717, 1.165) is 5.06 Å². The van der Waals surface area contributed by atoms with Crippen molar-refractivity contribution in [2.24, 2.45) is 0 Å². The number of carbonyl (C=O) groups is 2. The smallest absolute Gasteiger partial charge is 0.328 e. The molecule has 12 heavy (non-hydrogen) atoms. The van der Waals surface area contributed by atoms with Crippen molar-refractivity contribution in [3.8, 4) is 0 Å². The summed E-state index contributed by atoms with van der Waals surface area (Å²) < 4.78 is 0. The highest BCUT2D eigenvalue weighted by atomic mass is 16.7. The Morgan fingerprint density at radius 2 is 2.42 bits per heavy atom. The fraction of sp³-hybridized carbons (Fsp3) is 0.714. The first-order valence-corrected chi connectivity index (χ1v) is 3.80. The number of aliphatic carboxylic acids is 1. The lowest BCUT2D eigenvalue weighted by Crippen LogP contribution is -2.45. The molecule has 0 radical (unpaired) electrons. The zero-order valence-electron chi connectivity index (χ0n) is 6.82. The molecule has 1 heterocycles. The number of hydroxylamine groups is 2. The second-order valence-electron chi connectivity index (χ2n) is 2.67. The average molecular weight is 173 g/mol. The maximum absolute atomic E-state index is 11.1. The zero-order valence-corrected chi connectivity index (χ0v) is 6.82. The zero-order chi connectivity index (χ0) is 9.14. The lowest BCUT2D eigenvalue weighted by Gasteiger charge is -2.28. The summed E-state index contributed by atoms with van der Waals surface area (Å²) in [7, 11) is 0. The summed E-state index contributed by atoms with van der Waals surface area (Å²) in [6, 6.07) is -0.891. The van der Waals surface area contributed by atoms with Crippen molar-refractivity contribution in [2.45, 2.75) is 25.8 Å². The number of nitrogens with zero attached hydrogens (tertiary/aromatic N) is 1. The van der Waals surface area contributed by atoms with Crippen LogP contribution in [-0.2, 0) is 14.4 Å². The van der Waals surface area contributed by atoms with Crippen molar-refractivity contribution in [2.75, 3.05) is 6.61 Å². The summed E-state index contributed by atoms with van der Waals surface area (Å²) in [6.45, 7) is 1.84. The quantitative estimate of drug-likeness (QED) is 0.639. The Bertz CT molecular complexity index is 204. The Morgan fingerprint density at radius 1 is 1.75 bits per heavy atom. The fourth-order valence-electron chi connectivity index (χ4n) is 0.997. The molecule has 1 aliphatic rings. The van der Waals surface area contributed by atoms with E-state index in [0.29, 0.717) is 19.4 Å². The van der Waals surface area contributed by atoms with Gasteiger partial charge in [-0.15, -0.1) is 0 Å². The molecule has 0 saturated carbocycles. The summed E-state index contributed by atoms with van der Waals surface area (Å²) in [5.74, 6) is -1.30. The second-order valence-corrected chi connectivity index (χ2v) is 2.67. The maximum atomic E-state index is 11.1. The molecule has 1 amide bonds. The highest BCUT2D eigenvalue weighted by Crippen LogP contribution is 2.11. The molecule has 0 bridgehead atoms. The van der Waals surface area contributed by atoms with Gasteiger partial charge >= 0.3 is 5.97 Å². The van der Waals surface area contributed by atoms with Crippen LogP contribution in [0.15, 0.2) is 0 Å². The van der Waals surface area contributed by atoms with Gasteiger partial charge in [-0.1, -0.05) is 0 Å². The molecule has 5 heteroatoms. The molecule has 1 saturated heterocycles. The van der Waals surface area contributed by atoms with Gasteiger partial charge < -0.3 is 5.11 Å². The van der Waals surface area contributed by atoms with Crippen LogP contribution < -0.4 is 0 Å². The van der Waals surface area contributed by atoms with Gasteiger partial charge in [0, 0.05) is 6.42 Å². The fourth-order valence-corrected chi connectivity index (χ4v) is 0.997. The van der Waals surface area contributed by atoms with Crippen LogP contribution in [0.25, 0.3) is 0 Å². The van der Waals surface area contributed by atoms with E-state index in [1.54, 1.807) is 0 Å². The molecule has 0 aromatic heterocycles. The topological polar surface area (TPSA) is 66.8 Å². The highest BCUT2D eigenvalue weighted by Gasteiger charge is 2.28. The van der Waals surface area contributed by atoms with Crippen molar-refractivity contribution < 1.29 is 19.5 Å². The normalized spacial score (nSPS) is 20.8. The van der Waals surface area contributed by atoms with Crippen LogP contribution in [0.2, 0.25) is 0 Å². The monoisotopic (exact) mass is 173 g/mol. The number of hydrogen-bond donors (Lipinski definition) is 1. The Kier molecular flexibility index (Phi) is 2.65. The van der Waals surface area contributed by atoms with E-state index in [9.17, 15) is 9.59 Å². The molecule has 1 aliphatic heterocycles. The van der Waals surface area contributed by atoms with Gasteiger partial charge in [-0.05, 0) is 13.3 Å².